The Bertz CT molecular complexity index is 893. The highest BCUT2D eigenvalue weighted by Crippen LogP contribution is 2.35. The second kappa shape index (κ2) is 8.06. The predicted octanol–water partition coefficient (Wildman–Crippen LogP) is 4.10. The van der Waals surface area contributed by atoms with Gasteiger partial charge in [0.1, 0.15) is 17.1 Å². The average molecular weight is 354 g/mol. The highest BCUT2D eigenvalue weighted by Gasteiger charge is 2.16. The number of furan rings is 1. The fourth-order valence-electron chi connectivity index (χ4n) is 3.03. The Hall–Kier alpha value is -2.79. The number of aliphatic hydroxyl groups excluding tert-OH is 1. The van der Waals surface area contributed by atoms with E-state index in [4.69, 9.17) is 13.9 Å². The first kappa shape index (κ1) is 18.0. The maximum absolute atomic E-state index is 11.4. The van der Waals surface area contributed by atoms with Gasteiger partial charge in [-0.3, -0.25) is 0 Å². The first-order valence-electron chi connectivity index (χ1n) is 8.70. The van der Waals surface area contributed by atoms with E-state index in [9.17, 15) is 9.90 Å². The molecule has 0 saturated carbocycles. The second-order valence-electron chi connectivity index (χ2n) is 5.81. The Kier molecular flexibility index (Phi) is 5.58. The van der Waals surface area contributed by atoms with E-state index in [2.05, 4.69) is 0 Å². The number of carbonyl (C=O) groups is 1. The molecule has 0 aliphatic carbocycles. The zero-order chi connectivity index (χ0) is 18.5. The molecule has 0 aliphatic heterocycles. The van der Waals surface area contributed by atoms with Gasteiger partial charge in [0.25, 0.3) is 0 Å². The normalized spacial score (nSPS) is 10.9. The van der Waals surface area contributed by atoms with Crippen molar-refractivity contribution in [3.63, 3.8) is 0 Å². The molecule has 26 heavy (non-hydrogen) atoms. The van der Waals surface area contributed by atoms with Crippen LogP contribution in [0.5, 0.6) is 5.75 Å². The molecule has 0 bridgehead atoms. The Morgan fingerprint density at radius 2 is 1.88 bits per heavy atom. The van der Waals surface area contributed by atoms with Crippen LogP contribution < -0.4 is 4.74 Å². The van der Waals surface area contributed by atoms with Crippen molar-refractivity contribution in [3.8, 4) is 16.9 Å². The molecule has 0 spiro atoms. The molecule has 1 aromatic heterocycles. The van der Waals surface area contributed by atoms with Crippen LogP contribution in [-0.4, -0.2) is 24.3 Å². The van der Waals surface area contributed by atoms with Crippen molar-refractivity contribution in [3.05, 3.63) is 53.8 Å². The van der Waals surface area contributed by atoms with Crippen LogP contribution in [0.1, 0.15) is 25.2 Å². The number of fused-ring (bicyclic) bond motifs is 1. The lowest BCUT2D eigenvalue weighted by Crippen LogP contribution is -2.14. The summed E-state index contributed by atoms with van der Waals surface area (Å²) in [5.41, 5.74) is 3.58. The number of rotatable bonds is 7. The van der Waals surface area contributed by atoms with E-state index in [1.54, 1.807) is 6.92 Å². The lowest BCUT2D eigenvalue weighted by Gasteiger charge is -2.08. The summed E-state index contributed by atoms with van der Waals surface area (Å²) in [5, 5.41) is 10.7. The van der Waals surface area contributed by atoms with Gasteiger partial charge in [-0.2, -0.15) is 0 Å². The number of esters is 1. The third-order valence-corrected chi connectivity index (χ3v) is 4.20. The standard InChI is InChI=1S/C21H22O5/c1-3-18-17(12-22)21-16(6-5-7-19(21)26-18)14-8-10-15(11-9-14)25-13-20(23)24-4-2/h5-11,22H,3-4,12-13H2,1-2H3. The third-order valence-electron chi connectivity index (χ3n) is 4.20. The number of hydrogen-bond donors (Lipinski definition) is 1. The molecular weight excluding hydrogens is 332 g/mol. The van der Waals surface area contributed by atoms with Crippen molar-refractivity contribution in [2.45, 2.75) is 26.9 Å². The molecule has 3 rings (SSSR count). The summed E-state index contributed by atoms with van der Waals surface area (Å²) in [7, 11) is 0. The van der Waals surface area contributed by atoms with Crippen molar-refractivity contribution in [1.29, 1.82) is 0 Å². The molecule has 1 N–H and O–H groups in total. The number of carbonyl (C=O) groups excluding carboxylic acids is 1. The summed E-state index contributed by atoms with van der Waals surface area (Å²) < 4.78 is 16.2. The van der Waals surface area contributed by atoms with Crippen molar-refractivity contribution in [2.24, 2.45) is 0 Å². The van der Waals surface area contributed by atoms with Gasteiger partial charge in [-0.15, -0.1) is 0 Å². The summed E-state index contributed by atoms with van der Waals surface area (Å²) in [6.45, 7) is 3.93. The van der Waals surface area contributed by atoms with E-state index in [0.717, 1.165) is 39.8 Å². The lowest BCUT2D eigenvalue weighted by atomic mass is 9.98. The topological polar surface area (TPSA) is 68.9 Å². The zero-order valence-corrected chi connectivity index (χ0v) is 15.0. The summed E-state index contributed by atoms with van der Waals surface area (Å²) in [6.07, 6.45) is 0.727. The molecule has 136 valence electrons. The maximum Gasteiger partial charge on any atom is 0.344 e. The van der Waals surface area contributed by atoms with E-state index in [1.165, 1.54) is 0 Å². The van der Waals surface area contributed by atoms with Gasteiger partial charge in [0, 0.05) is 17.4 Å². The van der Waals surface area contributed by atoms with Crippen molar-refractivity contribution < 1.29 is 23.8 Å². The molecule has 0 saturated heterocycles. The Morgan fingerprint density at radius 3 is 2.54 bits per heavy atom. The van der Waals surface area contributed by atoms with E-state index in [1.807, 2.05) is 49.4 Å². The monoisotopic (exact) mass is 354 g/mol. The predicted molar refractivity (Wildman–Crippen MR) is 99.1 cm³/mol. The minimum atomic E-state index is -0.389. The Labute approximate surface area is 152 Å². The molecule has 0 radical (unpaired) electrons. The summed E-state index contributed by atoms with van der Waals surface area (Å²) in [6, 6.07) is 13.3. The summed E-state index contributed by atoms with van der Waals surface area (Å²) >= 11 is 0. The number of ether oxygens (including phenoxy) is 2. The highest BCUT2D eigenvalue weighted by atomic mass is 16.6. The first-order chi connectivity index (χ1) is 12.7. The van der Waals surface area contributed by atoms with E-state index < -0.39 is 0 Å². The van der Waals surface area contributed by atoms with Gasteiger partial charge in [-0.25, -0.2) is 4.79 Å². The molecule has 0 fully saturated rings. The zero-order valence-electron chi connectivity index (χ0n) is 15.0. The van der Waals surface area contributed by atoms with Crippen LogP contribution in [0.3, 0.4) is 0 Å². The minimum absolute atomic E-state index is 0.0616. The fourth-order valence-corrected chi connectivity index (χ4v) is 3.03. The second-order valence-corrected chi connectivity index (χ2v) is 5.81. The van der Waals surface area contributed by atoms with Crippen molar-refractivity contribution >= 4 is 16.9 Å². The maximum atomic E-state index is 11.4. The van der Waals surface area contributed by atoms with E-state index >= 15 is 0 Å². The Morgan fingerprint density at radius 1 is 1.12 bits per heavy atom. The molecule has 1 heterocycles. The van der Waals surface area contributed by atoms with Gasteiger partial charge in [0.15, 0.2) is 6.61 Å². The van der Waals surface area contributed by atoms with Crippen LogP contribution in [0.15, 0.2) is 46.9 Å². The number of hydrogen-bond acceptors (Lipinski definition) is 5. The third kappa shape index (κ3) is 3.58. The van der Waals surface area contributed by atoms with E-state index in [-0.39, 0.29) is 19.2 Å². The highest BCUT2D eigenvalue weighted by molar-refractivity contribution is 5.97. The fraction of sp³-hybridized carbons (Fsp3) is 0.286. The molecular formula is C21H22O5. The first-order valence-corrected chi connectivity index (χ1v) is 8.70. The number of benzene rings is 2. The molecule has 2 aromatic carbocycles. The number of aryl methyl sites for hydroxylation is 1. The van der Waals surface area contributed by atoms with Crippen LogP contribution in [0.4, 0.5) is 0 Å². The Balaban J connectivity index is 1.90. The molecule has 0 atom stereocenters. The SMILES string of the molecule is CCOC(=O)COc1ccc(-c2cccc3oc(CC)c(CO)c23)cc1. The van der Waals surface area contributed by atoms with Gasteiger partial charge in [0.05, 0.1) is 13.2 Å². The molecule has 0 aliphatic rings. The quantitative estimate of drug-likeness (QED) is 0.647. The summed E-state index contributed by atoms with van der Waals surface area (Å²) in [5.74, 6) is 1.02. The van der Waals surface area contributed by atoms with Crippen LogP contribution in [0.2, 0.25) is 0 Å². The average Bonchev–Trinajstić information content (AvgIpc) is 3.05. The molecule has 0 amide bonds. The molecule has 3 aromatic rings. The van der Waals surface area contributed by atoms with E-state index in [0.29, 0.717) is 12.4 Å². The van der Waals surface area contributed by atoms with Gasteiger partial charge in [-0.1, -0.05) is 31.2 Å². The minimum Gasteiger partial charge on any atom is -0.482 e. The number of aliphatic hydroxyl groups is 1. The van der Waals surface area contributed by atoms with Crippen LogP contribution in [0.25, 0.3) is 22.1 Å². The lowest BCUT2D eigenvalue weighted by molar-refractivity contribution is -0.145. The van der Waals surface area contributed by atoms with Crippen molar-refractivity contribution in [2.75, 3.05) is 13.2 Å². The van der Waals surface area contributed by atoms with Crippen LogP contribution in [0, 0.1) is 0 Å². The van der Waals surface area contributed by atoms with Gasteiger partial charge < -0.3 is 19.0 Å². The van der Waals surface area contributed by atoms with Crippen molar-refractivity contribution in [1.82, 2.24) is 0 Å². The molecule has 5 heteroatoms. The molecule has 5 nitrogen and oxygen atoms in total. The summed E-state index contributed by atoms with van der Waals surface area (Å²) in [4.78, 5) is 11.4. The van der Waals surface area contributed by atoms with Gasteiger partial charge in [-0.05, 0) is 36.2 Å². The largest absolute Gasteiger partial charge is 0.482 e. The van der Waals surface area contributed by atoms with Crippen LogP contribution in [-0.2, 0) is 22.6 Å². The van der Waals surface area contributed by atoms with Crippen LogP contribution >= 0.6 is 0 Å². The smallest absolute Gasteiger partial charge is 0.344 e. The van der Waals surface area contributed by atoms with Gasteiger partial charge >= 0.3 is 5.97 Å². The van der Waals surface area contributed by atoms with Gasteiger partial charge in [0.2, 0.25) is 0 Å². The molecule has 0 unspecified atom stereocenters.